The summed E-state index contributed by atoms with van der Waals surface area (Å²) < 4.78 is 0. The lowest BCUT2D eigenvalue weighted by Crippen LogP contribution is -2.06. The summed E-state index contributed by atoms with van der Waals surface area (Å²) in [4.78, 5) is 31.1. The predicted octanol–water partition coefficient (Wildman–Crippen LogP) is 1.41. The number of non-ortho nitro benzene ring substituents is 1. The van der Waals surface area contributed by atoms with Gasteiger partial charge in [-0.2, -0.15) is 0 Å². The Morgan fingerprint density at radius 2 is 2.13 bits per heavy atom. The Morgan fingerprint density at radius 1 is 1.53 bits per heavy atom. The fourth-order valence-corrected chi connectivity index (χ4v) is 1.29. The lowest BCUT2D eigenvalue weighted by molar-refractivity contribution is -0.384. The van der Waals surface area contributed by atoms with Crippen LogP contribution in [0.1, 0.15) is 26.3 Å². The van der Waals surface area contributed by atoms with Gasteiger partial charge in [-0.05, 0) is 12.5 Å². The van der Waals surface area contributed by atoms with Gasteiger partial charge >= 0.3 is 5.97 Å². The number of aldehydes is 1. The topological polar surface area (TPSA) is 97.5 Å². The largest absolute Gasteiger partial charge is 0.478 e. The van der Waals surface area contributed by atoms with Crippen molar-refractivity contribution < 1.29 is 19.6 Å². The molecule has 0 radical (unpaired) electrons. The van der Waals surface area contributed by atoms with Crippen LogP contribution in [-0.4, -0.2) is 22.3 Å². The average Bonchev–Trinajstić information content (AvgIpc) is 2.15. The summed E-state index contributed by atoms with van der Waals surface area (Å²) in [6.45, 7) is 1.41. The van der Waals surface area contributed by atoms with E-state index in [1.165, 1.54) is 6.92 Å². The first-order chi connectivity index (χ1) is 6.97. The van der Waals surface area contributed by atoms with Gasteiger partial charge in [0.25, 0.3) is 5.69 Å². The molecule has 78 valence electrons. The van der Waals surface area contributed by atoms with Crippen LogP contribution in [0.5, 0.6) is 0 Å². The van der Waals surface area contributed by atoms with Crippen molar-refractivity contribution in [1.29, 1.82) is 0 Å². The maximum Gasteiger partial charge on any atom is 0.336 e. The SMILES string of the molecule is Cc1cc([N+](=O)[O-])cc(C=O)c1C(=O)O. The number of hydrogen-bond acceptors (Lipinski definition) is 4. The van der Waals surface area contributed by atoms with Crippen LogP contribution in [0.2, 0.25) is 0 Å². The molecule has 15 heavy (non-hydrogen) atoms. The van der Waals surface area contributed by atoms with Gasteiger partial charge in [-0.1, -0.05) is 0 Å². The molecular weight excluding hydrogens is 202 g/mol. The highest BCUT2D eigenvalue weighted by atomic mass is 16.6. The van der Waals surface area contributed by atoms with Crippen LogP contribution in [0, 0.1) is 17.0 Å². The zero-order chi connectivity index (χ0) is 11.6. The third-order valence-electron chi connectivity index (χ3n) is 1.90. The summed E-state index contributed by atoms with van der Waals surface area (Å²) in [5.41, 5.74) is -0.483. The number of hydrogen-bond donors (Lipinski definition) is 1. The minimum Gasteiger partial charge on any atom is -0.478 e. The Balaban J connectivity index is 3.50. The number of nitro benzene ring substituents is 1. The van der Waals surface area contributed by atoms with Crippen molar-refractivity contribution in [2.75, 3.05) is 0 Å². The van der Waals surface area contributed by atoms with Crippen LogP contribution < -0.4 is 0 Å². The van der Waals surface area contributed by atoms with Crippen molar-refractivity contribution in [1.82, 2.24) is 0 Å². The van der Waals surface area contributed by atoms with E-state index < -0.39 is 10.9 Å². The molecule has 1 aromatic carbocycles. The predicted molar refractivity (Wildman–Crippen MR) is 50.2 cm³/mol. The molecular formula is C9H7NO5. The van der Waals surface area contributed by atoms with Gasteiger partial charge < -0.3 is 5.11 Å². The number of aryl methyl sites for hydroxylation is 1. The van der Waals surface area contributed by atoms with Crippen molar-refractivity contribution in [2.24, 2.45) is 0 Å². The first-order valence-corrected chi connectivity index (χ1v) is 3.95. The van der Waals surface area contributed by atoms with Crippen LogP contribution in [-0.2, 0) is 0 Å². The number of aromatic carboxylic acids is 1. The quantitative estimate of drug-likeness (QED) is 0.461. The Kier molecular flexibility index (Phi) is 2.80. The maximum atomic E-state index is 10.8. The molecule has 0 aliphatic carbocycles. The normalized spacial score (nSPS) is 9.67. The highest BCUT2D eigenvalue weighted by Crippen LogP contribution is 2.21. The number of nitro groups is 1. The summed E-state index contributed by atoms with van der Waals surface area (Å²) in [7, 11) is 0. The monoisotopic (exact) mass is 209 g/mol. The van der Waals surface area contributed by atoms with Crippen LogP contribution >= 0.6 is 0 Å². The molecule has 0 spiro atoms. The number of benzene rings is 1. The molecule has 6 heteroatoms. The van der Waals surface area contributed by atoms with Crippen LogP contribution in [0.15, 0.2) is 12.1 Å². The van der Waals surface area contributed by atoms with Crippen molar-refractivity contribution >= 4 is 17.9 Å². The first-order valence-electron chi connectivity index (χ1n) is 3.95. The van der Waals surface area contributed by atoms with Gasteiger partial charge in [0.05, 0.1) is 10.5 Å². The molecule has 0 unspecified atom stereocenters. The van der Waals surface area contributed by atoms with Gasteiger partial charge in [-0.3, -0.25) is 14.9 Å². The maximum absolute atomic E-state index is 10.8. The molecule has 0 amide bonds. The molecule has 0 atom stereocenters. The van der Waals surface area contributed by atoms with Gasteiger partial charge in [-0.25, -0.2) is 4.79 Å². The highest BCUT2D eigenvalue weighted by molar-refractivity contribution is 5.99. The van der Waals surface area contributed by atoms with E-state index >= 15 is 0 Å². The standard InChI is InChI=1S/C9H7NO5/c1-5-2-7(10(14)15)3-6(4-11)8(5)9(12)13/h2-4H,1H3,(H,12,13). The molecule has 6 nitrogen and oxygen atoms in total. The lowest BCUT2D eigenvalue weighted by Gasteiger charge is -2.03. The molecule has 0 aromatic heterocycles. The van der Waals surface area contributed by atoms with E-state index in [1.807, 2.05) is 0 Å². The van der Waals surface area contributed by atoms with E-state index in [2.05, 4.69) is 0 Å². The van der Waals surface area contributed by atoms with Gasteiger partial charge in [0.2, 0.25) is 0 Å². The van der Waals surface area contributed by atoms with E-state index in [9.17, 15) is 19.7 Å². The van der Waals surface area contributed by atoms with E-state index in [0.717, 1.165) is 12.1 Å². The zero-order valence-corrected chi connectivity index (χ0v) is 7.76. The molecule has 0 fully saturated rings. The fourth-order valence-electron chi connectivity index (χ4n) is 1.29. The van der Waals surface area contributed by atoms with Crippen LogP contribution in [0.3, 0.4) is 0 Å². The molecule has 0 saturated carbocycles. The van der Waals surface area contributed by atoms with E-state index in [4.69, 9.17) is 5.11 Å². The van der Waals surface area contributed by atoms with Gasteiger partial charge in [-0.15, -0.1) is 0 Å². The molecule has 0 aliphatic heterocycles. The number of carboxylic acid groups (broad SMARTS) is 1. The molecule has 1 rings (SSSR count). The van der Waals surface area contributed by atoms with E-state index in [0.29, 0.717) is 6.29 Å². The fraction of sp³-hybridized carbons (Fsp3) is 0.111. The Labute approximate surface area is 84.3 Å². The molecule has 0 saturated heterocycles. The van der Waals surface area contributed by atoms with E-state index in [1.54, 1.807) is 0 Å². The van der Waals surface area contributed by atoms with Crippen molar-refractivity contribution in [3.63, 3.8) is 0 Å². The van der Waals surface area contributed by atoms with Crippen molar-refractivity contribution in [3.05, 3.63) is 38.9 Å². The molecule has 1 aromatic rings. The average molecular weight is 209 g/mol. The molecule has 0 bridgehead atoms. The van der Waals surface area contributed by atoms with Gasteiger partial charge in [0.15, 0.2) is 6.29 Å². The smallest absolute Gasteiger partial charge is 0.336 e. The first kappa shape index (κ1) is 10.8. The third kappa shape index (κ3) is 1.98. The Bertz CT molecular complexity index is 452. The summed E-state index contributed by atoms with van der Waals surface area (Å²) in [6.07, 6.45) is 0.295. The zero-order valence-electron chi connectivity index (χ0n) is 7.76. The minimum atomic E-state index is -1.27. The summed E-state index contributed by atoms with van der Waals surface area (Å²) in [5, 5.41) is 19.2. The molecule has 1 N–H and O–H groups in total. The van der Waals surface area contributed by atoms with E-state index in [-0.39, 0.29) is 22.4 Å². The minimum absolute atomic E-state index is 0.186. The second kappa shape index (κ2) is 3.87. The third-order valence-corrected chi connectivity index (χ3v) is 1.90. The van der Waals surface area contributed by atoms with Crippen LogP contribution in [0.25, 0.3) is 0 Å². The summed E-state index contributed by atoms with van der Waals surface area (Å²) in [6, 6.07) is 2.07. The highest BCUT2D eigenvalue weighted by Gasteiger charge is 2.18. The molecule has 0 heterocycles. The summed E-state index contributed by atoms with van der Waals surface area (Å²) in [5.74, 6) is -1.27. The number of carboxylic acids is 1. The van der Waals surface area contributed by atoms with Crippen LogP contribution in [0.4, 0.5) is 5.69 Å². The number of rotatable bonds is 3. The summed E-state index contributed by atoms with van der Waals surface area (Å²) >= 11 is 0. The Hall–Kier alpha value is -2.24. The second-order valence-electron chi connectivity index (χ2n) is 2.91. The lowest BCUT2D eigenvalue weighted by atomic mass is 10.0. The number of carbonyl (C=O) groups excluding carboxylic acids is 1. The number of nitrogens with zero attached hydrogens (tertiary/aromatic N) is 1. The second-order valence-corrected chi connectivity index (χ2v) is 2.91. The van der Waals surface area contributed by atoms with Gasteiger partial charge in [0, 0.05) is 17.7 Å². The number of carbonyl (C=O) groups is 2. The molecule has 0 aliphatic rings. The Morgan fingerprint density at radius 3 is 2.53 bits per heavy atom. The van der Waals surface area contributed by atoms with Gasteiger partial charge in [0.1, 0.15) is 0 Å². The van der Waals surface area contributed by atoms with Crippen molar-refractivity contribution in [2.45, 2.75) is 6.92 Å². The van der Waals surface area contributed by atoms with Crippen molar-refractivity contribution in [3.8, 4) is 0 Å².